The molecule has 0 radical (unpaired) electrons. The molecule has 3 heteroatoms. The standard InChI is InChI=1S/C12H19N3/c1-15-9-13-10-5-8-14-12(11(10)15)6-3-2-4-7-12/h9,14H,2-8H2,1H3. The molecule has 1 spiro atoms. The van der Waals surface area contributed by atoms with E-state index in [9.17, 15) is 0 Å². The number of hydrogen-bond acceptors (Lipinski definition) is 2. The van der Waals surface area contributed by atoms with Gasteiger partial charge in [-0.1, -0.05) is 19.3 Å². The SMILES string of the molecule is Cn1cnc2c1C1(CCCCC1)NCC2. The Morgan fingerprint density at radius 2 is 2.13 bits per heavy atom. The Bertz CT molecular complexity index is 361. The van der Waals surface area contributed by atoms with Crippen molar-refractivity contribution in [2.75, 3.05) is 6.54 Å². The maximum absolute atomic E-state index is 4.53. The molecule has 0 saturated heterocycles. The zero-order chi connectivity index (χ0) is 10.3. The van der Waals surface area contributed by atoms with Gasteiger partial charge in [-0.2, -0.15) is 0 Å². The normalized spacial score (nSPS) is 24.1. The number of nitrogens with one attached hydrogen (secondary N) is 1. The molecular weight excluding hydrogens is 186 g/mol. The lowest BCUT2D eigenvalue weighted by molar-refractivity contribution is 0.211. The highest BCUT2D eigenvalue weighted by atomic mass is 15.1. The highest BCUT2D eigenvalue weighted by Crippen LogP contribution is 2.40. The molecular formula is C12H19N3. The molecule has 15 heavy (non-hydrogen) atoms. The van der Waals surface area contributed by atoms with Crippen molar-refractivity contribution in [3.05, 3.63) is 17.7 Å². The van der Waals surface area contributed by atoms with Crippen LogP contribution in [0.2, 0.25) is 0 Å². The lowest BCUT2D eigenvalue weighted by Gasteiger charge is -2.41. The molecule has 0 unspecified atom stereocenters. The lowest BCUT2D eigenvalue weighted by Crippen LogP contribution is -2.49. The van der Waals surface area contributed by atoms with Gasteiger partial charge < -0.3 is 9.88 Å². The summed E-state index contributed by atoms with van der Waals surface area (Å²) in [7, 11) is 2.13. The Hall–Kier alpha value is -0.830. The van der Waals surface area contributed by atoms with E-state index < -0.39 is 0 Å². The highest BCUT2D eigenvalue weighted by molar-refractivity contribution is 5.27. The summed E-state index contributed by atoms with van der Waals surface area (Å²) in [5.74, 6) is 0. The summed E-state index contributed by atoms with van der Waals surface area (Å²) >= 11 is 0. The van der Waals surface area contributed by atoms with E-state index in [-0.39, 0.29) is 5.54 Å². The smallest absolute Gasteiger partial charge is 0.0949 e. The number of nitrogens with zero attached hydrogens (tertiary/aromatic N) is 2. The van der Waals surface area contributed by atoms with Crippen molar-refractivity contribution < 1.29 is 0 Å². The van der Waals surface area contributed by atoms with Crippen LogP contribution in [0.25, 0.3) is 0 Å². The number of aryl methyl sites for hydroxylation is 1. The van der Waals surface area contributed by atoms with E-state index in [1.165, 1.54) is 43.5 Å². The Morgan fingerprint density at radius 3 is 2.93 bits per heavy atom. The zero-order valence-corrected chi connectivity index (χ0v) is 9.42. The van der Waals surface area contributed by atoms with E-state index in [0.29, 0.717) is 0 Å². The molecule has 1 saturated carbocycles. The second kappa shape index (κ2) is 3.34. The van der Waals surface area contributed by atoms with Gasteiger partial charge in [-0.05, 0) is 12.8 Å². The van der Waals surface area contributed by atoms with Gasteiger partial charge in [0.05, 0.1) is 23.3 Å². The monoisotopic (exact) mass is 205 g/mol. The van der Waals surface area contributed by atoms with Crippen LogP contribution in [0, 0.1) is 0 Å². The second-order valence-electron chi connectivity index (χ2n) is 4.97. The maximum Gasteiger partial charge on any atom is 0.0949 e. The highest BCUT2D eigenvalue weighted by Gasteiger charge is 2.39. The van der Waals surface area contributed by atoms with E-state index in [0.717, 1.165) is 13.0 Å². The summed E-state index contributed by atoms with van der Waals surface area (Å²) in [6, 6.07) is 0. The summed E-state index contributed by atoms with van der Waals surface area (Å²) < 4.78 is 2.23. The van der Waals surface area contributed by atoms with Crippen molar-refractivity contribution in [2.45, 2.75) is 44.1 Å². The van der Waals surface area contributed by atoms with Crippen molar-refractivity contribution >= 4 is 0 Å². The predicted octanol–water partition coefficient (Wildman–Crippen LogP) is 1.73. The molecule has 1 aliphatic carbocycles. The molecule has 1 aliphatic heterocycles. The van der Waals surface area contributed by atoms with Gasteiger partial charge in [-0.3, -0.25) is 0 Å². The minimum absolute atomic E-state index is 0.261. The van der Waals surface area contributed by atoms with Crippen molar-refractivity contribution in [3.8, 4) is 0 Å². The first-order valence-electron chi connectivity index (χ1n) is 6.08. The number of rotatable bonds is 0. The fourth-order valence-electron chi connectivity index (χ4n) is 3.35. The molecule has 0 atom stereocenters. The molecule has 0 bridgehead atoms. The van der Waals surface area contributed by atoms with Crippen molar-refractivity contribution in [1.29, 1.82) is 0 Å². The van der Waals surface area contributed by atoms with Crippen LogP contribution in [-0.4, -0.2) is 16.1 Å². The fourth-order valence-corrected chi connectivity index (χ4v) is 3.35. The van der Waals surface area contributed by atoms with Gasteiger partial charge >= 0.3 is 0 Å². The van der Waals surface area contributed by atoms with Gasteiger partial charge in [-0.25, -0.2) is 4.98 Å². The zero-order valence-electron chi connectivity index (χ0n) is 9.42. The van der Waals surface area contributed by atoms with Crippen LogP contribution in [0.1, 0.15) is 43.5 Å². The molecule has 3 rings (SSSR count). The third-order valence-corrected chi connectivity index (χ3v) is 4.00. The molecule has 1 fully saturated rings. The van der Waals surface area contributed by atoms with Gasteiger partial charge in [0.1, 0.15) is 0 Å². The first-order chi connectivity index (χ1) is 7.32. The number of fused-ring (bicyclic) bond motifs is 2. The van der Waals surface area contributed by atoms with Gasteiger partial charge in [0.15, 0.2) is 0 Å². The third-order valence-electron chi connectivity index (χ3n) is 4.00. The molecule has 2 heterocycles. The van der Waals surface area contributed by atoms with Crippen LogP contribution >= 0.6 is 0 Å². The Balaban J connectivity index is 2.06. The largest absolute Gasteiger partial charge is 0.336 e. The van der Waals surface area contributed by atoms with E-state index in [2.05, 4.69) is 21.9 Å². The van der Waals surface area contributed by atoms with Gasteiger partial charge in [0.2, 0.25) is 0 Å². The lowest BCUT2D eigenvalue weighted by atomic mass is 9.76. The molecule has 0 aromatic carbocycles. The number of aromatic nitrogens is 2. The first-order valence-corrected chi connectivity index (χ1v) is 6.08. The van der Waals surface area contributed by atoms with Crippen molar-refractivity contribution in [2.24, 2.45) is 7.05 Å². The molecule has 1 N–H and O–H groups in total. The topological polar surface area (TPSA) is 29.9 Å². The van der Waals surface area contributed by atoms with Crippen molar-refractivity contribution in [1.82, 2.24) is 14.9 Å². The summed E-state index contributed by atoms with van der Waals surface area (Å²) in [6.07, 6.45) is 9.77. The van der Waals surface area contributed by atoms with Crippen LogP contribution < -0.4 is 5.32 Å². The summed E-state index contributed by atoms with van der Waals surface area (Å²) in [5.41, 5.74) is 3.06. The van der Waals surface area contributed by atoms with Gasteiger partial charge in [-0.15, -0.1) is 0 Å². The Morgan fingerprint density at radius 1 is 1.33 bits per heavy atom. The minimum Gasteiger partial charge on any atom is -0.336 e. The quantitative estimate of drug-likeness (QED) is 0.699. The van der Waals surface area contributed by atoms with E-state index >= 15 is 0 Å². The number of hydrogen-bond donors (Lipinski definition) is 1. The summed E-state index contributed by atoms with van der Waals surface area (Å²) in [6.45, 7) is 1.10. The number of imidazole rings is 1. The molecule has 0 amide bonds. The van der Waals surface area contributed by atoms with Crippen LogP contribution in [-0.2, 0) is 19.0 Å². The average Bonchev–Trinajstić information content (AvgIpc) is 2.63. The predicted molar refractivity (Wildman–Crippen MR) is 59.7 cm³/mol. The summed E-state index contributed by atoms with van der Waals surface area (Å²) in [4.78, 5) is 4.53. The van der Waals surface area contributed by atoms with Gasteiger partial charge in [0, 0.05) is 20.0 Å². The van der Waals surface area contributed by atoms with Gasteiger partial charge in [0.25, 0.3) is 0 Å². The van der Waals surface area contributed by atoms with Crippen LogP contribution in [0.5, 0.6) is 0 Å². The molecule has 82 valence electrons. The minimum atomic E-state index is 0.261. The van der Waals surface area contributed by atoms with E-state index in [1.54, 1.807) is 0 Å². The van der Waals surface area contributed by atoms with Crippen LogP contribution in [0.4, 0.5) is 0 Å². The fraction of sp³-hybridized carbons (Fsp3) is 0.750. The third kappa shape index (κ3) is 1.33. The molecule has 3 nitrogen and oxygen atoms in total. The molecule has 2 aliphatic rings. The Kier molecular flexibility index (Phi) is 2.09. The Labute approximate surface area is 90.9 Å². The average molecular weight is 205 g/mol. The van der Waals surface area contributed by atoms with E-state index in [1.807, 2.05) is 6.33 Å². The summed E-state index contributed by atoms with van der Waals surface area (Å²) in [5, 5.41) is 3.76. The second-order valence-corrected chi connectivity index (χ2v) is 4.97. The van der Waals surface area contributed by atoms with Crippen LogP contribution in [0.15, 0.2) is 6.33 Å². The van der Waals surface area contributed by atoms with E-state index in [4.69, 9.17) is 0 Å². The first kappa shape index (κ1) is 9.40. The van der Waals surface area contributed by atoms with Crippen LogP contribution in [0.3, 0.4) is 0 Å². The maximum atomic E-state index is 4.53. The van der Waals surface area contributed by atoms with Crippen molar-refractivity contribution in [3.63, 3.8) is 0 Å². The molecule has 1 aromatic heterocycles. The molecule has 1 aromatic rings.